The molecule has 1 N–H and O–H groups in total. The Morgan fingerprint density at radius 2 is 2.29 bits per heavy atom. The van der Waals surface area contributed by atoms with Crippen LogP contribution in [-0.2, 0) is 9.63 Å². The van der Waals surface area contributed by atoms with E-state index < -0.39 is 17.7 Å². The Morgan fingerprint density at radius 3 is 3.00 bits per heavy atom. The van der Waals surface area contributed by atoms with Gasteiger partial charge in [0.05, 0.1) is 5.71 Å². The van der Waals surface area contributed by atoms with Crippen LogP contribution in [0.15, 0.2) is 23.4 Å². The van der Waals surface area contributed by atoms with Gasteiger partial charge in [0.2, 0.25) is 6.10 Å². The van der Waals surface area contributed by atoms with Crippen molar-refractivity contribution in [3.05, 3.63) is 35.4 Å². The molecule has 1 amide bonds. The average molecular weight is 240 g/mol. The Labute approximate surface area is 96.3 Å². The molecule has 1 aliphatic rings. The largest absolute Gasteiger partial charge is 0.382 e. The molecule has 2 rings (SSSR count). The van der Waals surface area contributed by atoms with Gasteiger partial charge in [-0.25, -0.2) is 8.78 Å². The standard InChI is InChI=1S/C11H10F2N2O2/c1-14-11(16)10-5-9(15-17-10)7-4-6(12)2-3-8(7)13/h2-4,10H,5H2,1H3,(H,14,16). The van der Waals surface area contributed by atoms with E-state index in [4.69, 9.17) is 4.84 Å². The first kappa shape index (κ1) is 11.5. The lowest BCUT2D eigenvalue weighted by molar-refractivity contribution is -0.130. The SMILES string of the molecule is CNC(=O)C1CC(c2cc(F)ccc2F)=NO1. The van der Waals surface area contributed by atoms with Crippen LogP contribution < -0.4 is 5.32 Å². The predicted octanol–water partition coefficient (Wildman–Crippen LogP) is 1.20. The van der Waals surface area contributed by atoms with Crippen LogP contribution in [0.2, 0.25) is 0 Å². The van der Waals surface area contributed by atoms with Gasteiger partial charge in [-0.15, -0.1) is 0 Å². The topological polar surface area (TPSA) is 50.7 Å². The summed E-state index contributed by atoms with van der Waals surface area (Å²) in [6, 6.07) is 3.07. The molecule has 0 radical (unpaired) electrons. The summed E-state index contributed by atoms with van der Waals surface area (Å²) in [5.74, 6) is -1.50. The fraction of sp³-hybridized carbons (Fsp3) is 0.273. The van der Waals surface area contributed by atoms with Crippen LogP contribution in [-0.4, -0.2) is 24.8 Å². The minimum atomic E-state index is -0.780. The second-order valence-corrected chi connectivity index (χ2v) is 3.57. The van der Waals surface area contributed by atoms with Gasteiger partial charge in [-0.3, -0.25) is 4.79 Å². The average Bonchev–Trinajstić information content (AvgIpc) is 2.80. The number of carbonyl (C=O) groups is 1. The molecular formula is C11H10F2N2O2. The zero-order valence-corrected chi connectivity index (χ0v) is 9.04. The van der Waals surface area contributed by atoms with Gasteiger partial charge in [0, 0.05) is 19.0 Å². The van der Waals surface area contributed by atoms with Crippen LogP contribution in [0.5, 0.6) is 0 Å². The van der Waals surface area contributed by atoms with E-state index in [9.17, 15) is 13.6 Å². The van der Waals surface area contributed by atoms with Crippen LogP contribution in [0.3, 0.4) is 0 Å². The number of amides is 1. The molecular weight excluding hydrogens is 230 g/mol. The number of carbonyl (C=O) groups excluding carboxylic acids is 1. The number of benzene rings is 1. The fourth-order valence-electron chi connectivity index (χ4n) is 1.56. The molecule has 0 fully saturated rings. The van der Waals surface area contributed by atoms with Gasteiger partial charge in [-0.1, -0.05) is 5.16 Å². The number of likely N-dealkylation sites (N-methyl/N-ethyl adjacent to an activating group) is 1. The third kappa shape index (κ3) is 2.25. The highest BCUT2D eigenvalue weighted by Gasteiger charge is 2.29. The van der Waals surface area contributed by atoms with Gasteiger partial charge < -0.3 is 10.2 Å². The van der Waals surface area contributed by atoms with Crippen molar-refractivity contribution in [2.45, 2.75) is 12.5 Å². The van der Waals surface area contributed by atoms with Crippen LogP contribution in [0, 0.1) is 11.6 Å². The highest BCUT2D eigenvalue weighted by Crippen LogP contribution is 2.19. The van der Waals surface area contributed by atoms with Crippen LogP contribution >= 0.6 is 0 Å². The van der Waals surface area contributed by atoms with Crippen molar-refractivity contribution in [3.63, 3.8) is 0 Å². The summed E-state index contributed by atoms with van der Waals surface area (Å²) in [6.45, 7) is 0. The molecule has 1 aromatic carbocycles. The zero-order valence-electron chi connectivity index (χ0n) is 9.04. The lowest BCUT2D eigenvalue weighted by Gasteiger charge is -2.05. The summed E-state index contributed by atoms with van der Waals surface area (Å²) in [7, 11) is 1.46. The maximum Gasteiger partial charge on any atom is 0.264 e. The number of rotatable bonds is 2. The smallest absolute Gasteiger partial charge is 0.264 e. The number of oxime groups is 1. The van der Waals surface area contributed by atoms with Crippen molar-refractivity contribution in [1.29, 1.82) is 0 Å². The van der Waals surface area contributed by atoms with Gasteiger partial charge in [0.15, 0.2) is 0 Å². The van der Waals surface area contributed by atoms with Gasteiger partial charge in [0.25, 0.3) is 5.91 Å². The maximum atomic E-state index is 13.4. The van der Waals surface area contributed by atoms with E-state index >= 15 is 0 Å². The molecule has 1 heterocycles. The van der Waals surface area contributed by atoms with Crippen molar-refractivity contribution in [1.82, 2.24) is 5.32 Å². The first-order chi connectivity index (χ1) is 8.11. The number of nitrogens with zero attached hydrogens (tertiary/aromatic N) is 1. The molecule has 1 unspecified atom stereocenters. The Balaban J connectivity index is 2.20. The van der Waals surface area contributed by atoms with Crippen molar-refractivity contribution in [3.8, 4) is 0 Å². The van der Waals surface area contributed by atoms with E-state index in [-0.39, 0.29) is 23.6 Å². The Morgan fingerprint density at radius 1 is 1.53 bits per heavy atom. The summed E-state index contributed by atoms with van der Waals surface area (Å²) >= 11 is 0. The lowest BCUT2D eigenvalue weighted by atomic mass is 10.0. The monoisotopic (exact) mass is 240 g/mol. The van der Waals surface area contributed by atoms with E-state index in [1.54, 1.807) is 0 Å². The van der Waals surface area contributed by atoms with E-state index in [0.717, 1.165) is 18.2 Å². The number of halogens is 2. The Kier molecular flexibility index (Phi) is 3.03. The first-order valence-electron chi connectivity index (χ1n) is 5.01. The molecule has 0 saturated heterocycles. The molecule has 1 aromatic rings. The lowest BCUT2D eigenvalue weighted by Crippen LogP contribution is -2.31. The predicted molar refractivity (Wildman–Crippen MR) is 56.5 cm³/mol. The summed E-state index contributed by atoms with van der Waals surface area (Å²) in [5, 5.41) is 6.01. The van der Waals surface area contributed by atoms with Gasteiger partial charge in [0.1, 0.15) is 11.6 Å². The molecule has 0 spiro atoms. The minimum absolute atomic E-state index is 0.0244. The number of nitrogens with one attached hydrogen (secondary N) is 1. The van der Waals surface area contributed by atoms with Crippen molar-refractivity contribution >= 4 is 11.6 Å². The molecule has 90 valence electrons. The second kappa shape index (κ2) is 4.48. The van der Waals surface area contributed by atoms with Gasteiger partial charge >= 0.3 is 0 Å². The van der Waals surface area contributed by atoms with Gasteiger partial charge in [-0.2, -0.15) is 0 Å². The molecule has 6 heteroatoms. The Bertz CT molecular complexity index is 488. The van der Waals surface area contributed by atoms with E-state index in [2.05, 4.69) is 10.5 Å². The van der Waals surface area contributed by atoms with E-state index in [1.807, 2.05) is 0 Å². The fourth-order valence-corrected chi connectivity index (χ4v) is 1.56. The Hall–Kier alpha value is -1.98. The zero-order chi connectivity index (χ0) is 12.4. The molecule has 0 saturated carbocycles. The second-order valence-electron chi connectivity index (χ2n) is 3.57. The molecule has 0 bridgehead atoms. The quantitative estimate of drug-likeness (QED) is 0.844. The summed E-state index contributed by atoms with van der Waals surface area (Å²) < 4.78 is 26.4. The normalized spacial score (nSPS) is 18.5. The summed E-state index contributed by atoms with van der Waals surface area (Å²) in [6.07, 6.45) is -0.655. The van der Waals surface area contributed by atoms with Crippen LogP contribution in [0.25, 0.3) is 0 Å². The summed E-state index contributed by atoms with van der Waals surface area (Å²) in [4.78, 5) is 16.1. The minimum Gasteiger partial charge on any atom is -0.382 e. The summed E-state index contributed by atoms with van der Waals surface area (Å²) in [5.41, 5.74) is 0.256. The van der Waals surface area contributed by atoms with E-state index in [1.165, 1.54) is 7.05 Å². The molecule has 4 nitrogen and oxygen atoms in total. The van der Waals surface area contributed by atoms with Crippen molar-refractivity contribution < 1.29 is 18.4 Å². The van der Waals surface area contributed by atoms with Crippen molar-refractivity contribution in [2.75, 3.05) is 7.05 Å². The van der Waals surface area contributed by atoms with E-state index in [0.29, 0.717) is 0 Å². The maximum absolute atomic E-state index is 13.4. The van der Waals surface area contributed by atoms with Crippen LogP contribution in [0.4, 0.5) is 8.78 Å². The third-order valence-corrected chi connectivity index (χ3v) is 2.45. The van der Waals surface area contributed by atoms with Crippen molar-refractivity contribution in [2.24, 2.45) is 5.16 Å². The molecule has 0 aromatic heterocycles. The van der Waals surface area contributed by atoms with Crippen LogP contribution in [0.1, 0.15) is 12.0 Å². The molecule has 0 aliphatic carbocycles. The highest BCUT2D eigenvalue weighted by molar-refractivity contribution is 6.04. The third-order valence-electron chi connectivity index (χ3n) is 2.45. The highest BCUT2D eigenvalue weighted by atomic mass is 19.1. The molecule has 17 heavy (non-hydrogen) atoms. The molecule has 1 atom stereocenters. The number of hydrogen-bond acceptors (Lipinski definition) is 3. The molecule has 1 aliphatic heterocycles. The number of hydrogen-bond donors (Lipinski definition) is 1. The van der Waals surface area contributed by atoms with Gasteiger partial charge in [-0.05, 0) is 18.2 Å². The first-order valence-corrected chi connectivity index (χ1v) is 5.01.